The second kappa shape index (κ2) is 5.38. The normalized spacial score (nSPS) is 19.7. The number of amides is 1. The molecule has 0 aliphatic heterocycles. The zero-order chi connectivity index (χ0) is 16.0. The summed E-state index contributed by atoms with van der Waals surface area (Å²) >= 11 is 1.40. The lowest BCUT2D eigenvalue weighted by Gasteiger charge is -2.04. The number of alkyl halides is 1. The summed E-state index contributed by atoms with van der Waals surface area (Å²) in [6, 6.07) is 9.91. The van der Waals surface area contributed by atoms with E-state index in [2.05, 4.69) is 15.3 Å². The average molecular weight is 327 g/mol. The molecule has 3 aromatic rings. The number of benzene rings is 1. The Bertz CT molecular complexity index is 908. The van der Waals surface area contributed by atoms with Gasteiger partial charge in [0.25, 0.3) is 0 Å². The van der Waals surface area contributed by atoms with Crippen molar-refractivity contribution in [1.29, 1.82) is 0 Å². The minimum atomic E-state index is -0.996. The van der Waals surface area contributed by atoms with E-state index in [1.165, 1.54) is 11.3 Å². The van der Waals surface area contributed by atoms with Gasteiger partial charge in [-0.05, 0) is 37.1 Å². The number of thiazole rings is 1. The van der Waals surface area contributed by atoms with Gasteiger partial charge in [-0.2, -0.15) is 0 Å². The molecular formula is C17H14FN3OS. The number of nitrogens with one attached hydrogen (secondary N) is 1. The van der Waals surface area contributed by atoms with Crippen molar-refractivity contribution in [3.63, 3.8) is 0 Å². The highest BCUT2D eigenvalue weighted by Crippen LogP contribution is 2.36. The first kappa shape index (κ1) is 14.3. The van der Waals surface area contributed by atoms with Crippen molar-refractivity contribution in [2.75, 3.05) is 5.32 Å². The molecule has 2 heterocycles. The number of aromatic nitrogens is 2. The first-order chi connectivity index (χ1) is 11.1. The van der Waals surface area contributed by atoms with Gasteiger partial charge in [-0.3, -0.25) is 9.78 Å². The molecule has 6 heteroatoms. The summed E-state index contributed by atoms with van der Waals surface area (Å²) in [6.07, 6.45) is 1.10. The maximum Gasteiger partial charge on any atom is 0.232 e. The van der Waals surface area contributed by atoms with Gasteiger partial charge in [-0.1, -0.05) is 23.5 Å². The summed E-state index contributed by atoms with van der Waals surface area (Å²) < 4.78 is 13.9. The van der Waals surface area contributed by atoms with E-state index in [0.29, 0.717) is 11.6 Å². The number of nitrogens with zero attached hydrogens (tertiary/aromatic N) is 2. The number of halogens is 1. The van der Waals surface area contributed by atoms with E-state index in [9.17, 15) is 9.18 Å². The van der Waals surface area contributed by atoms with Crippen LogP contribution in [0.3, 0.4) is 0 Å². The molecule has 1 saturated carbocycles. The number of rotatable bonds is 3. The Hall–Kier alpha value is -2.34. The highest BCUT2D eigenvalue weighted by Gasteiger charge is 2.43. The molecule has 0 saturated heterocycles. The molecule has 4 rings (SSSR count). The highest BCUT2D eigenvalue weighted by atomic mass is 32.1. The summed E-state index contributed by atoms with van der Waals surface area (Å²) in [5, 5.41) is 3.23. The topological polar surface area (TPSA) is 54.9 Å². The van der Waals surface area contributed by atoms with Crippen LogP contribution < -0.4 is 5.32 Å². The largest absolute Gasteiger partial charge is 0.302 e. The number of hydrogen-bond acceptors (Lipinski definition) is 4. The van der Waals surface area contributed by atoms with Crippen LogP contribution in [0.5, 0.6) is 0 Å². The monoisotopic (exact) mass is 327 g/mol. The van der Waals surface area contributed by atoms with Crippen molar-refractivity contribution in [3.05, 3.63) is 42.2 Å². The second-order valence-electron chi connectivity index (χ2n) is 5.69. The first-order valence-electron chi connectivity index (χ1n) is 7.39. The van der Waals surface area contributed by atoms with Crippen molar-refractivity contribution in [2.24, 2.45) is 5.92 Å². The second-order valence-corrected chi connectivity index (χ2v) is 6.72. The molecule has 1 aliphatic rings. The Labute approximate surface area is 136 Å². The predicted molar refractivity (Wildman–Crippen MR) is 89.2 cm³/mol. The van der Waals surface area contributed by atoms with Crippen LogP contribution in [0.4, 0.5) is 9.52 Å². The lowest BCUT2D eigenvalue weighted by molar-refractivity contribution is -0.117. The molecule has 0 unspecified atom stereocenters. The summed E-state index contributed by atoms with van der Waals surface area (Å²) in [5.74, 6) is -0.782. The van der Waals surface area contributed by atoms with Crippen molar-refractivity contribution in [2.45, 2.75) is 19.5 Å². The van der Waals surface area contributed by atoms with Crippen molar-refractivity contribution < 1.29 is 9.18 Å². The summed E-state index contributed by atoms with van der Waals surface area (Å²) in [5.41, 5.74) is 3.93. The van der Waals surface area contributed by atoms with E-state index in [4.69, 9.17) is 0 Å². The number of hydrogen-bond donors (Lipinski definition) is 1. The molecule has 2 atom stereocenters. The number of pyridine rings is 1. The van der Waals surface area contributed by atoms with Crippen LogP contribution in [0.1, 0.15) is 12.1 Å². The van der Waals surface area contributed by atoms with E-state index in [-0.39, 0.29) is 5.91 Å². The van der Waals surface area contributed by atoms with Crippen molar-refractivity contribution in [3.8, 4) is 11.1 Å². The lowest BCUT2D eigenvalue weighted by atomic mass is 10.0. The van der Waals surface area contributed by atoms with Gasteiger partial charge in [0, 0.05) is 17.5 Å². The zero-order valence-corrected chi connectivity index (χ0v) is 13.2. The predicted octanol–water partition coefficient (Wildman–Crippen LogP) is 3.96. The Balaban J connectivity index is 1.64. The summed E-state index contributed by atoms with van der Waals surface area (Å²) in [4.78, 5) is 20.5. The smallest absolute Gasteiger partial charge is 0.232 e. The van der Waals surface area contributed by atoms with E-state index >= 15 is 0 Å². The number of anilines is 1. The standard InChI is InChI=1S/C17H14FN3OS/c1-9-11(3-2-6-19-9)10-4-5-14-15(7-10)23-17(20-14)21-16(22)12-8-13(12)18/h2-7,12-13H,8H2,1H3,(H,20,21,22)/t12-,13+/m1/s1. The molecule has 1 amide bonds. The molecular weight excluding hydrogens is 313 g/mol. The van der Waals surface area contributed by atoms with Crippen molar-refractivity contribution >= 4 is 32.6 Å². The SMILES string of the molecule is Cc1ncccc1-c1ccc2nc(NC(=O)[C@@H]3C[C@@H]3F)sc2c1. The summed E-state index contributed by atoms with van der Waals surface area (Å²) in [7, 11) is 0. The van der Waals surface area contributed by atoms with E-state index in [1.807, 2.05) is 37.3 Å². The molecule has 2 aromatic heterocycles. The maximum absolute atomic E-state index is 12.9. The quantitative estimate of drug-likeness (QED) is 0.792. The Morgan fingerprint density at radius 3 is 2.96 bits per heavy atom. The van der Waals surface area contributed by atoms with Crippen LogP contribution in [-0.2, 0) is 4.79 Å². The molecule has 0 spiro atoms. The maximum atomic E-state index is 12.9. The first-order valence-corrected chi connectivity index (χ1v) is 8.21. The molecule has 1 fully saturated rings. The van der Waals surface area contributed by atoms with Gasteiger partial charge >= 0.3 is 0 Å². The zero-order valence-electron chi connectivity index (χ0n) is 12.4. The third-order valence-corrected chi connectivity index (χ3v) is 4.92. The molecule has 0 radical (unpaired) electrons. The van der Waals surface area contributed by atoms with Crippen molar-refractivity contribution in [1.82, 2.24) is 9.97 Å². The molecule has 116 valence electrons. The van der Waals surface area contributed by atoms with Gasteiger partial charge in [0.15, 0.2) is 5.13 Å². The summed E-state index contributed by atoms with van der Waals surface area (Å²) in [6.45, 7) is 1.97. The molecule has 1 N–H and O–H groups in total. The van der Waals surface area contributed by atoms with E-state index in [1.54, 1.807) is 6.20 Å². The number of aryl methyl sites for hydroxylation is 1. The fourth-order valence-corrected chi connectivity index (χ4v) is 3.48. The van der Waals surface area contributed by atoms with Gasteiger partial charge in [-0.15, -0.1) is 0 Å². The Morgan fingerprint density at radius 2 is 2.22 bits per heavy atom. The van der Waals surface area contributed by atoms with Crippen LogP contribution in [0, 0.1) is 12.8 Å². The van der Waals surface area contributed by atoms with Crippen LogP contribution in [-0.4, -0.2) is 22.0 Å². The highest BCUT2D eigenvalue weighted by molar-refractivity contribution is 7.22. The Morgan fingerprint density at radius 1 is 1.39 bits per heavy atom. The minimum Gasteiger partial charge on any atom is -0.302 e. The van der Waals surface area contributed by atoms with Crippen LogP contribution >= 0.6 is 11.3 Å². The van der Waals surface area contributed by atoms with E-state index in [0.717, 1.165) is 27.0 Å². The van der Waals surface area contributed by atoms with Crippen LogP contribution in [0.25, 0.3) is 21.3 Å². The Kier molecular flexibility index (Phi) is 3.34. The minimum absolute atomic E-state index is 0.278. The average Bonchev–Trinajstić information content (AvgIpc) is 3.13. The van der Waals surface area contributed by atoms with Gasteiger partial charge < -0.3 is 5.32 Å². The van der Waals surface area contributed by atoms with Gasteiger partial charge in [0.1, 0.15) is 6.17 Å². The molecule has 0 bridgehead atoms. The number of fused-ring (bicyclic) bond motifs is 1. The van der Waals surface area contributed by atoms with Crippen LogP contribution in [0.15, 0.2) is 36.5 Å². The van der Waals surface area contributed by atoms with Gasteiger partial charge in [-0.25, -0.2) is 9.37 Å². The molecule has 4 nitrogen and oxygen atoms in total. The van der Waals surface area contributed by atoms with Gasteiger partial charge in [0.05, 0.1) is 16.1 Å². The van der Waals surface area contributed by atoms with Crippen LogP contribution in [0.2, 0.25) is 0 Å². The molecule has 23 heavy (non-hydrogen) atoms. The lowest BCUT2D eigenvalue weighted by Crippen LogP contribution is -2.14. The fourth-order valence-electron chi connectivity index (χ4n) is 2.57. The molecule has 1 aliphatic carbocycles. The number of carbonyl (C=O) groups is 1. The third kappa shape index (κ3) is 2.70. The van der Waals surface area contributed by atoms with Gasteiger partial charge in [0.2, 0.25) is 5.91 Å². The number of carbonyl (C=O) groups excluding carboxylic acids is 1. The third-order valence-electron chi connectivity index (χ3n) is 3.99. The van der Waals surface area contributed by atoms with E-state index < -0.39 is 12.1 Å². The molecule has 1 aromatic carbocycles. The fraction of sp³-hybridized carbons (Fsp3) is 0.235.